The summed E-state index contributed by atoms with van der Waals surface area (Å²) in [5.74, 6) is 0.401. The number of anilines is 1. The van der Waals surface area contributed by atoms with Gasteiger partial charge in [0.1, 0.15) is 6.26 Å². The molecule has 118 valence electrons. The van der Waals surface area contributed by atoms with Crippen LogP contribution in [-0.2, 0) is 6.54 Å². The summed E-state index contributed by atoms with van der Waals surface area (Å²) < 4.78 is 7.24. The summed E-state index contributed by atoms with van der Waals surface area (Å²) in [7, 11) is 0. The first-order valence-corrected chi connectivity index (χ1v) is 7.90. The topological polar surface area (TPSA) is 88.7 Å². The molecule has 9 heteroatoms. The van der Waals surface area contributed by atoms with Crippen molar-refractivity contribution in [2.24, 2.45) is 0 Å². The highest BCUT2D eigenvalue weighted by Crippen LogP contribution is 2.31. The average Bonchev–Trinajstić information content (AvgIpc) is 3.22. The van der Waals surface area contributed by atoms with Gasteiger partial charge in [-0.3, -0.25) is 19.8 Å². The van der Waals surface area contributed by atoms with Crippen LogP contribution < -0.4 is 5.32 Å². The number of thiazole rings is 1. The predicted octanol–water partition coefficient (Wildman–Crippen LogP) is 3.40. The monoisotopic (exact) mass is 347 g/mol. The molecule has 0 radical (unpaired) electrons. The Bertz CT molecular complexity index is 904. The maximum absolute atomic E-state index is 12.0. The van der Waals surface area contributed by atoms with Crippen LogP contribution in [0.3, 0.4) is 0 Å². The molecule has 0 aromatic carbocycles. The Labute approximate surface area is 140 Å². The number of rotatable bonds is 5. The molecule has 23 heavy (non-hydrogen) atoms. The number of nitrogens with one attached hydrogen (secondary N) is 2. The van der Waals surface area contributed by atoms with E-state index in [-0.39, 0.29) is 5.91 Å². The van der Waals surface area contributed by atoms with Crippen LogP contribution in [0.2, 0.25) is 0 Å². The molecule has 0 aliphatic heterocycles. The number of H-pyrrole nitrogens is 1. The van der Waals surface area contributed by atoms with Crippen LogP contribution >= 0.6 is 23.6 Å². The number of hydrogen-bond donors (Lipinski definition) is 2. The largest absolute Gasteiger partial charge is 0.472 e. The van der Waals surface area contributed by atoms with E-state index in [9.17, 15) is 4.79 Å². The number of aryl methyl sites for hydroxylation is 1. The van der Waals surface area contributed by atoms with Gasteiger partial charge in [0, 0.05) is 6.54 Å². The average molecular weight is 347 g/mol. The molecule has 0 unspecified atom stereocenters. The van der Waals surface area contributed by atoms with Gasteiger partial charge in [-0.1, -0.05) is 17.4 Å². The number of allylic oxidation sites excluding steroid dienone is 1. The van der Waals surface area contributed by atoms with E-state index in [4.69, 9.17) is 16.6 Å². The summed E-state index contributed by atoms with van der Waals surface area (Å²) in [6.45, 7) is 6.12. The third kappa shape index (κ3) is 3.01. The molecule has 0 saturated heterocycles. The summed E-state index contributed by atoms with van der Waals surface area (Å²) in [6, 6.07) is 1.59. The Kier molecular flexibility index (Phi) is 4.22. The second kappa shape index (κ2) is 6.31. The molecule has 7 nitrogen and oxygen atoms in total. The van der Waals surface area contributed by atoms with E-state index in [0.29, 0.717) is 27.8 Å². The number of hydrogen-bond acceptors (Lipinski definition) is 6. The number of nitrogens with zero attached hydrogens (tertiary/aromatic N) is 3. The fraction of sp³-hybridized carbons (Fsp3) is 0.143. The molecule has 0 aliphatic carbocycles. The van der Waals surface area contributed by atoms with Crippen molar-refractivity contribution in [2.45, 2.75) is 13.5 Å². The van der Waals surface area contributed by atoms with Crippen molar-refractivity contribution in [3.8, 4) is 10.7 Å². The van der Waals surface area contributed by atoms with Crippen molar-refractivity contribution < 1.29 is 9.21 Å². The molecule has 0 spiro atoms. The number of furan rings is 1. The lowest BCUT2D eigenvalue weighted by Gasteiger charge is -2.01. The lowest BCUT2D eigenvalue weighted by Crippen LogP contribution is -2.10. The smallest absolute Gasteiger partial charge is 0.260 e. The second-order valence-corrected chi connectivity index (χ2v) is 6.04. The van der Waals surface area contributed by atoms with E-state index in [1.54, 1.807) is 12.1 Å². The maximum Gasteiger partial charge on any atom is 0.260 e. The Morgan fingerprint density at radius 3 is 3.17 bits per heavy atom. The normalized spacial score (nSPS) is 10.7. The van der Waals surface area contributed by atoms with Crippen LogP contribution in [0.5, 0.6) is 0 Å². The number of aromatic nitrogens is 4. The van der Waals surface area contributed by atoms with Gasteiger partial charge in [-0.2, -0.15) is 5.10 Å². The highest BCUT2D eigenvalue weighted by atomic mass is 32.1. The van der Waals surface area contributed by atoms with E-state index in [0.717, 1.165) is 10.6 Å². The fourth-order valence-corrected chi connectivity index (χ4v) is 3.18. The van der Waals surface area contributed by atoms with Crippen molar-refractivity contribution in [2.75, 3.05) is 5.32 Å². The third-order valence-corrected chi connectivity index (χ3v) is 4.45. The van der Waals surface area contributed by atoms with E-state index in [1.165, 1.54) is 23.9 Å². The lowest BCUT2D eigenvalue weighted by molar-refractivity contribution is 0.102. The molecular weight excluding hydrogens is 334 g/mol. The first-order valence-electron chi connectivity index (χ1n) is 6.67. The van der Waals surface area contributed by atoms with Gasteiger partial charge < -0.3 is 4.42 Å². The quantitative estimate of drug-likeness (QED) is 0.545. The van der Waals surface area contributed by atoms with Crippen LogP contribution in [0.1, 0.15) is 16.1 Å². The highest BCUT2D eigenvalue weighted by molar-refractivity contribution is 7.71. The molecule has 0 atom stereocenters. The molecule has 0 aliphatic rings. The Morgan fingerprint density at radius 2 is 2.48 bits per heavy atom. The molecule has 0 fully saturated rings. The van der Waals surface area contributed by atoms with Crippen LogP contribution in [-0.4, -0.2) is 25.7 Å². The fourth-order valence-electron chi connectivity index (χ4n) is 2.01. The SMILES string of the molecule is C=CCn1c(-c2sc(NC(=O)c3ccoc3)nc2C)n[nH]c1=S. The number of carbonyl (C=O) groups excluding carboxylic acids is 1. The highest BCUT2D eigenvalue weighted by Gasteiger charge is 2.17. The molecule has 2 N–H and O–H groups in total. The van der Waals surface area contributed by atoms with Crippen molar-refractivity contribution in [1.29, 1.82) is 0 Å². The molecular formula is C14H13N5O2S2. The van der Waals surface area contributed by atoms with Crippen LogP contribution in [0.25, 0.3) is 10.7 Å². The summed E-state index contributed by atoms with van der Waals surface area (Å²) in [5, 5.41) is 10.3. The maximum atomic E-state index is 12.0. The van der Waals surface area contributed by atoms with Gasteiger partial charge in [0.25, 0.3) is 5.91 Å². The van der Waals surface area contributed by atoms with Gasteiger partial charge in [-0.05, 0) is 25.2 Å². The van der Waals surface area contributed by atoms with Gasteiger partial charge in [0.05, 0.1) is 22.4 Å². The predicted molar refractivity (Wildman–Crippen MR) is 90.1 cm³/mol. The summed E-state index contributed by atoms with van der Waals surface area (Å²) in [4.78, 5) is 17.3. The number of amides is 1. The minimum atomic E-state index is -0.274. The van der Waals surface area contributed by atoms with Crippen LogP contribution in [0, 0.1) is 11.7 Å². The third-order valence-electron chi connectivity index (χ3n) is 3.07. The molecule has 1 amide bonds. The van der Waals surface area contributed by atoms with Gasteiger partial charge in [-0.25, -0.2) is 4.98 Å². The van der Waals surface area contributed by atoms with E-state index in [1.807, 2.05) is 11.5 Å². The van der Waals surface area contributed by atoms with Gasteiger partial charge in [-0.15, -0.1) is 6.58 Å². The van der Waals surface area contributed by atoms with Crippen molar-refractivity contribution in [3.05, 3.63) is 47.3 Å². The number of aromatic amines is 1. The molecule has 3 rings (SSSR count). The summed E-state index contributed by atoms with van der Waals surface area (Å²) >= 11 is 6.55. The van der Waals surface area contributed by atoms with E-state index >= 15 is 0 Å². The minimum absolute atomic E-state index is 0.274. The standard InChI is InChI=1S/C14H13N5O2S2/c1-3-5-19-11(17-18-14(19)22)10-8(2)15-13(23-10)16-12(20)9-4-6-21-7-9/h3-4,6-7H,1,5H2,2H3,(H,18,22)(H,15,16,20). The Hall–Kier alpha value is -2.52. The molecule has 0 saturated carbocycles. The number of carbonyl (C=O) groups is 1. The zero-order valence-electron chi connectivity index (χ0n) is 12.2. The zero-order chi connectivity index (χ0) is 16.4. The molecule has 3 aromatic rings. The second-order valence-electron chi connectivity index (χ2n) is 4.65. The van der Waals surface area contributed by atoms with Gasteiger partial charge in [0.2, 0.25) is 0 Å². The van der Waals surface area contributed by atoms with Crippen LogP contribution in [0.15, 0.2) is 35.7 Å². The Balaban J connectivity index is 1.91. The molecule has 3 heterocycles. The van der Waals surface area contributed by atoms with E-state index < -0.39 is 0 Å². The van der Waals surface area contributed by atoms with Crippen molar-refractivity contribution in [3.63, 3.8) is 0 Å². The molecule has 3 aromatic heterocycles. The van der Waals surface area contributed by atoms with E-state index in [2.05, 4.69) is 27.1 Å². The first kappa shape index (κ1) is 15.4. The van der Waals surface area contributed by atoms with Crippen molar-refractivity contribution >= 4 is 34.6 Å². The zero-order valence-corrected chi connectivity index (χ0v) is 13.8. The minimum Gasteiger partial charge on any atom is -0.472 e. The van der Waals surface area contributed by atoms with Gasteiger partial charge >= 0.3 is 0 Å². The van der Waals surface area contributed by atoms with Crippen molar-refractivity contribution in [1.82, 2.24) is 19.7 Å². The Morgan fingerprint density at radius 1 is 1.65 bits per heavy atom. The molecule has 0 bridgehead atoms. The lowest BCUT2D eigenvalue weighted by atomic mass is 10.3. The van der Waals surface area contributed by atoms with Gasteiger partial charge in [0.15, 0.2) is 15.7 Å². The first-order chi connectivity index (χ1) is 11.1. The summed E-state index contributed by atoms with van der Waals surface area (Å²) in [5.41, 5.74) is 1.20. The summed E-state index contributed by atoms with van der Waals surface area (Å²) in [6.07, 6.45) is 4.57. The van der Waals surface area contributed by atoms with Crippen LogP contribution in [0.4, 0.5) is 5.13 Å².